The van der Waals surface area contributed by atoms with Crippen molar-refractivity contribution in [2.24, 2.45) is 4.99 Å². The molecule has 0 aliphatic heterocycles. The average molecular weight is 332 g/mol. The number of halogens is 1. The number of nitrogens with zero attached hydrogens (tertiary/aromatic N) is 1. The number of amides is 1. The maximum absolute atomic E-state index is 12.1. The van der Waals surface area contributed by atoms with E-state index in [1.165, 1.54) is 0 Å². The van der Waals surface area contributed by atoms with Crippen LogP contribution in [0.3, 0.4) is 0 Å². The molecule has 0 fully saturated rings. The normalized spacial score (nSPS) is 11.2. The minimum absolute atomic E-state index is 0.315. The van der Waals surface area contributed by atoms with Crippen molar-refractivity contribution in [2.75, 3.05) is 6.61 Å². The van der Waals surface area contributed by atoms with E-state index in [-0.39, 0.29) is 5.91 Å². The molecule has 0 saturated carbocycles. The Morgan fingerprint density at radius 2 is 1.75 bits per heavy atom. The summed E-state index contributed by atoms with van der Waals surface area (Å²) < 4.78 is 6.34. The molecule has 0 heterocycles. The molecule has 2 aromatic rings. The van der Waals surface area contributed by atoms with Gasteiger partial charge in [-0.05, 0) is 47.1 Å². The van der Waals surface area contributed by atoms with Crippen molar-refractivity contribution in [2.45, 2.75) is 6.92 Å². The van der Waals surface area contributed by atoms with Crippen LogP contribution in [0.15, 0.2) is 64.1 Å². The number of ether oxygens (including phenoxy) is 1. The van der Waals surface area contributed by atoms with Gasteiger partial charge < -0.3 is 4.74 Å². The molecule has 0 unspecified atom stereocenters. The van der Waals surface area contributed by atoms with Gasteiger partial charge in [0.2, 0.25) is 5.90 Å². The highest BCUT2D eigenvalue weighted by molar-refractivity contribution is 9.10. The van der Waals surface area contributed by atoms with Gasteiger partial charge in [0.25, 0.3) is 5.91 Å². The second-order valence-electron chi connectivity index (χ2n) is 4.00. The number of hydrogen-bond donors (Lipinski definition) is 0. The third kappa shape index (κ3) is 3.54. The Hall–Kier alpha value is -1.94. The summed E-state index contributed by atoms with van der Waals surface area (Å²) in [5.74, 6) is 0.0126. The lowest BCUT2D eigenvalue weighted by Gasteiger charge is -2.08. The molecule has 0 aliphatic carbocycles. The van der Waals surface area contributed by atoms with Crippen molar-refractivity contribution in [3.63, 3.8) is 0 Å². The Balaban J connectivity index is 2.36. The van der Waals surface area contributed by atoms with Crippen molar-refractivity contribution in [3.05, 3.63) is 70.2 Å². The van der Waals surface area contributed by atoms with E-state index in [1.54, 1.807) is 12.1 Å². The zero-order chi connectivity index (χ0) is 14.4. The van der Waals surface area contributed by atoms with Crippen molar-refractivity contribution in [1.82, 2.24) is 0 Å². The Kier molecular flexibility index (Phi) is 5.07. The van der Waals surface area contributed by atoms with Crippen LogP contribution in [-0.2, 0) is 4.74 Å². The standard InChI is InChI=1S/C16H14BrNO2/c1-2-20-16(13-10-6-7-11-14(13)17)18-15(19)12-8-4-3-5-9-12/h3-11H,2H2,1H3. The van der Waals surface area contributed by atoms with Crippen LogP contribution in [0.25, 0.3) is 0 Å². The zero-order valence-electron chi connectivity index (χ0n) is 11.0. The molecule has 0 spiro atoms. The summed E-state index contributed by atoms with van der Waals surface area (Å²) in [5, 5.41) is 0. The van der Waals surface area contributed by atoms with Gasteiger partial charge in [-0.25, -0.2) is 0 Å². The van der Waals surface area contributed by atoms with Crippen LogP contribution in [-0.4, -0.2) is 18.4 Å². The highest BCUT2D eigenvalue weighted by Gasteiger charge is 2.12. The molecular formula is C16H14BrNO2. The third-order valence-corrected chi connectivity index (χ3v) is 3.30. The second kappa shape index (κ2) is 7.01. The van der Waals surface area contributed by atoms with Crippen LogP contribution in [0.1, 0.15) is 22.8 Å². The van der Waals surface area contributed by atoms with Crippen molar-refractivity contribution in [1.29, 1.82) is 0 Å². The fourth-order valence-corrected chi connectivity index (χ4v) is 2.13. The molecule has 2 aromatic carbocycles. The first-order chi connectivity index (χ1) is 9.72. The number of benzene rings is 2. The second-order valence-corrected chi connectivity index (χ2v) is 4.86. The summed E-state index contributed by atoms with van der Waals surface area (Å²) >= 11 is 3.44. The van der Waals surface area contributed by atoms with Crippen LogP contribution in [0.2, 0.25) is 0 Å². The first-order valence-corrected chi connectivity index (χ1v) is 7.07. The lowest BCUT2D eigenvalue weighted by Crippen LogP contribution is -2.11. The molecule has 20 heavy (non-hydrogen) atoms. The Morgan fingerprint density at radius 3 is 2.40 bits per heavy atom. The predicted molar refractivity (Wildman–Crippen MR) is 83.1 cm³/mol. The van der Waals surface area contributed by atoms with Crippen LogP contribution in [0, 0.1) is 0 Å². The molecule has 0 N–H and O–H groups in total. The monoisotopic (exact) mass is 331 g/mol. The van der Waals surface area contributed by atoms with E-state index < -0.39 is 0 Å². The summed E-state index contributed by atoms with van der Waals surface area (Å²) in [6.07, 6.45) is 0. The molecule has 4 heteroatoms. The fourth-order valence-electron chi connectivity index (χ4n) is 1.68. The maximum atomic E-state index is 12.1. The fraction of sp³-hybridized carbons (Fsp3) is 0.125. The third-order valence-electron chi connectivity index (χ3n) is 2.61. The van der Waals surface area contributed by atoms with E-state index in [4.69, 9.17) is 4.74 Å². The smallest absolute Gasteiger partial charge is 0.280 e. The molecule has 2 rings (SSSR count). The number of hydrogen-bond acceptors (Lipinski definition) is 2. The van der Waals surface area contributed by atoms with E-state index in [0.717, 1.165) is 10.0 Å². The van der Waals surface area contributed by atoms with Crippen molar-refractivity contribution >= 4 is 27.7 Å². The molecule has 102 valence electrons. The van der Waals surface area contributed by atoms with E-state index >= 15 is 0 Å². The molecule has 1 amide bonds. The van der Waals surface area contributed by atoms with Gasteiger partial charge in [0.15, 0.2) is 0 Å². The van der Waals surface area contributed by atoms with E-state index in [2.05, 4.69) is 20.9 Å². The summed E-state index contributed by atoms with van der Waals surface area (Å²) in [5.41, 5.74) is 1.30. The Morgan fingerprint density at radius 1 is 1.10 bits per heavy atom. The van der Waals surface area contributed by atoms with E-state index in [1.807, 2.05) is 49.4 Å². The van der Waals surface area contributed by atoms with E-state index in [9.17, 15) is 4.79 Å². The first kappa shape index (κ1) is 14.5. The minimum atomic E-state index is -0.315. The topological polar surface area (TPSA) is 38.7 Å². The molecular weight excluding hydrogens is 318 g/mol. The number of carbonyl (C=O) groups excluding carboxylic acids is 1. The Labute approximate surface area is 126 Å². The van der Waals surface area contributed by atoms with Gasteiger partial charge in [0.1, 0.15) is 0 Å². The van der Waals surface area contributed by atoms with Gasteiger partial charge in [0.05, 0.1) is 12.2 Å². The average Bonchev–Trinajstić information content (AvgIpc) is 2.48. The largest absolute Gasteiger partial charge is 0.477 e. The quantitative estimate of drug-likeness (QED) is 0.628. The van der Waals surface area contributed by atoms with Crippen LogP contribution < -0.4 is 0 Å². The van der Waals surface area contributed by atoms with Gasteiger partial charge in [-0.15, -0.1) is 0 Å². The number of carbonyl (C=O) groups is 1. The van der Waals surface area contributed by atoms with Gasteiger partial charge >= 0.3 is 0 Å². The molecule has 3 nitrogen and oxygen atoms in total. The van der Waals surface area contributed by atoms with E-state index in [0.29, 0.717) is 18.1 Å². The maximum Gasteiger partial charge on any atom is 0.280 e. The molecule has 0 aromatic heterocycles. The first-order valence-electron chi connectivity index (χ1n) is 6.28. The van der Waals surface area contributed by atoms with Crippen LogP contribution >= 0.6 is 15.9 Å². The summed E-state index contributed by atoms with van der Waals surface area (Å²) in [6.45, 7) is 2.31. The number of aliphatic imine (C=N–C) groups is 1. The molecule has 0 bridgehead atoms. The Bertz CT molecular complexity index is 623. The predicted octanol–water partition coefficient (Wildman–Crippen LogP) is 4.07. The van der Waals surface area contributed by atoms with Crippen molar-refractivity contribution in [3.8, 4) is 0 Å². The summed E-state index contributed by atoms with van der Waals surface area (Å²) in [6, 6.07) is 16.5. The van der Waals surface area contributed by atoms with Gasteiger partial charge in [-0.1, -0.05) is 30.3 Å². The van der Waals surface area contributed by atoms with Gasteiger partial charge in [0, 0.05) is 10.0 Å². The zero-order valence-corrected chi connectivity index (χ0v) is 12.6. The van der Waals surface area contributed by atoms with Gasteiger partial charge in [-0.2, -0.15) is 4.99 Å². The molecule has 0 atom stereocenters. The number of rotatable bonds is 3. The van der Waals surface area contributed by atoms with Crippen molar-refractivity contribution < 1.29 is 9.53 Å². The SMILES string of the molecule is CCOC(=NC(=O)c1ccccc1)c1ccccc1Br. The van der Waals surface area contributed by atoms with Crippen LogP contribution in [0.5, 0.6) is 0 Å². The lowest BCUT2D eigenvalue weighted by molar-refractivity contribution is 0.0999. The minimum Gasteiger partial charge on any atom is -0.477 e. The summed E-state index contributed by atoms with van der Waals surface area (Å²) in [7, 11) is 0. The van der Waals surface area contributed by atoms with Crippen LogP contribution in [0.4, 0.5) is 0 Å². The highest BCUT2D eigenvalue weighted by Crippen LogP contribution is 2.18. The van der Waals surface area contributed by atoms with Gasteiger partial charge in [-0.3, -0.25) is 4.79 Å². The summed E-state index contributed by atoms with van der Waals surface area (Å²) in [4.78, 5) is 16.2. The molecule has 0 aliphatic rings. The molecule has 0 radical (unpaired) electrons. The highest BCUT2D eigenvalue weighted by atomic mass is 79.9. The lowest BCUT2D eigenvalue weighted by atomic mass is 10.2. The molecule has 0 saturated heterocycles.